The summed E-state index contributed by atoms with van der Waals surface area (Å²) in [7, 11) is 0. The number of ketones is 1. The van der Waals surface area contributed by atoms with Crippen LogP contribution in [0.4, 0.5) is 0 Å². The summed E-state index contributed by atoms with van der Waals surface area (Å²) in [6.45, 7) is 1.94. The van der Waals surface area contributed by atoms with Gasteiger partial charge >= 0.3 is 0 Å². The molecule has 2 heterocycles. The second kappa shape index (κ2) is 4.86. The fraction of sp³-hybridized carbons (Fsp3) is 0.0625. The van der Waals surface area contributed by atoms with Crippen LogP contribution in [0.5, 0.6) is 0 Å². The van der Waals surface area contributed by atoms with Crippen LogP contribution in [-0.4, -0.2) is 10.8 Å². The molecule has 0 amide bonds. The van der Waals surface area contributed by atoms with Crippen molar-refractivity contribution in [2.45, 2.75) is 6.92 Å². The average Bonchev–Trinajstić information content (AvgIpc) is 3.02. The number of benzene rings is 1. The number of carbonyl (C=O) groups excluding carboxylic acids is 1. The molecule has 3 aromatic rings. The van der Waals surface area contributed by atoms with E-state index >= 15 is 0 Å². The van der Waals surface area contributed by atoms with Gasteiger partial charge in [0, 0.05) is 21.5 Å². The number of para-hydroxylation sites is 1. The van der Waals surface area contributed by atoms with E-state index in [1.165, 1.54) is 0 Å². The number of thiophene rings is 1. The van der Waals surface area contributed by atoms with Crippen molar-refractivity contribution >= 4 is 34.1 Å². The molecule has 0 spiro atoms. The molecule has 2 nitrogen and oxygen atoms in total. The zero-order valence-electron chi connectivity index (χ0n) is 10.5. The molecule has 0 bridgehead atoms. The van der Waals surface area contributed by atoms with Crippen molar-refractivity contribution in [3.63, 3.8) is 0 Å². The van der Waals surface area contributed by atoms with Gasteiger partial charge in [0.2, 0.25) is 0 Å². The van der Waals surface area contributed by atoms with Crippen LogP contribution in [0.25, 0.3) is 17.0 Å². The molecule has 19 heavy (non-hydrogen) atoms. The maximum atomic E-state index is 12.3. The van der Waals surface area contributed by atoms with Crippen LogP contribution >= 0.6 is 11.3 Å². The highest BCUT2D eigenvalue weighted by Gasteiger charge is 2.13. The molecular formula is C16H13NOS. The number of H-pyrrole nitrogens is 1. The molecule has 2 aromatic heterocycles. The fourth-order valence-corrected chi connectivity index (χ4v) is 2.84. The number of hydrogen-bond acceptors (Lipinski definition) is 2. The predicted molar refractivity (Wildman–Crippen MR) is 80.7 cm³/mol. The van der Waals surface area contributed by atoms with E-state index in [0.717, 1.165) is 27.0 Å². The van der Waals surface area contributed by atoms with Crippen molar-refractivity contribution in [2.75, 3.05) is 0 Å². The Kier molecular flexibility index (Phi) is 3.05. The lowest BCUT2D eigenvalue weighted by Crippen LogP contribution is -1.95. The third-order valence-corrected chi connectivity index (χ3v) is 3.92. The summed E-state index contributed by atoms with van der Waals surface area (Å²) in [5.74, 6) is 0.0448. The normalized spacial score (nSPS) is 11.4. The Morgan fingerprint density at radius 1 is 1.21 bits per heavy atom. The van der Waals surface area contributed by atoms with Gasteiger partial charge in [0.1, 0.15) is 0 Å². The highest BCUT2D eigenvalue weighted by molar-refractivity contribution is 7.10. The fourth-order valence-electron chi connectivity index (χ4n) is 2.22. The standard InChI is InChI=1S/C16H13NOS/c1-11-16(13-6-2-3-7-14(13)17-11)15(18)9-8-12-5-4-10-19-12/h2-10,17H,1H3/b9-8+. The Hall–Kier alpha value is -2.13. The van der Waals surface area contributed by atoms with E-state index in [0.29, 0.717) is 0 Å². The molecule has 0 saturated heterocycles. The quantitative estimate of drug-likeness (QED) is 0.552. The maximum Gasteiger partial charge on any atom is 0.188 e. The first kappa shape index (κ1) is 11.9. The van der Waals surface area contributed by atoms with Crippen LogP contribution < -0.4 is 0 Å². The number of aromatic amines is 1. The molecule has 0 unspecified atom stereocenters. The number of aryl methyl sites for hydroxylation is 1. The predicted octanol–water partition coefficient (Wildman–Crippen LogP) is 4.43. The van der Waals surface area contributed by atoms with Crippen LogP contribution in [-0.2, 0) is 0 Å². The SMILES string of the molecule is Cc1[nH]c2ccccc2c1C(=O)/C=C/c1cccs1. The van der Waals surface area contributed by atoms with E-state index in [-0.39, 0.29) is 5.78 Å². The summed E-state index contributed by atoms with van der Waals surface area (Å²) >= 11 is 1.62. The molecule has 0 aliphatic carbocycles. The lowest BCUT2D eigenvalue weighted by Gasteiger charge is -1.95. The molecule has 94 valence electrons. The summed E-state index contributed by atoms with van der Waals surface area (Å²) in [5, 5.41) is 2.99. The van der Waals surface area contributed by atoms with E-state index in [2.05, 4.69) is 4.98 Å². The van der Waals surface area contributed by atoms with Crippen molar-refractivity contribution < 1.29 is 4.79 Å². The van der Waals surface area contributed by atoms with E-state index in [1.807, 2.05) is 54.8 Å². The second-order valence-corrected chi connectivity index (χ2v) is 5.36. The van der Waals surface area contributed by atoms with Crippen LogP contribution in [0.15, 0.2) is 47.9 Å². The first-order valence-electron chi connectivity index (χ1n) is 6.09. The molecule has 0 saturated carbocycles. The van der Waals surface area contributed by atoms with Gasteiger partial charge in [-0.3, -0.25) is 4.79 Å². The van der Waals surface area contributed by atoms with Crippen LogP contribution in [0.2, 0.25) is 0 Å². The summed E-state index contributed by atoms with van der Waals surface area (Å²) in [6.07, 6.45) is 3.52. The van der Waals surface area contributed by atoms with Gasteiger partial charge in [-0.2, -0.15) is 0 Å². The lowest BCUT2D eigenvalue weighted by molar-refractivity contribution is 0.104. The van der Waals surface area contributed by atoms with Gasteiger partial charge in [0.15, 0.2) is 5.78 Å². The molecule has 0 aliphatic heterocycles. The summed E-state index contributed by atoms with van der Waals surface area (Å²) < 4.78 is 0. The Balaban J connectivity index is 2.00. The molecule has 0 radical (unpaired) electrons. The molecule has 3 rings (SSSR count). The van der Waals surface area contributed by atoms with Crippen molar-refractivity contribution in [2.24, 2.45) is 0 Å². The number of nitrogens with one attached hydrogen (secondary N) is 1. The van der Waals surface area contributed by atoms with E-state index in [9.17, 15) is 4.79 Å². The van der Waals surface area contributed by atoms with Crippen LogP contribution in [0, 0.1) is 6.92 Å². The van der Waals surface area contributed by atoms with Gasteiger partial charge in [-0.05, 0) is 36.6 Å². The first-order chi connectivity index (χ1) is 9.25. The number of hydrogen-bond donors (Lipinski definition) is 1. The topological polar surface area (TPSA) is 32.9 Å². The zero-order valence-corrected chi connectivity index (χ0v) is 11.3. The Labute approximate surface area is 115 Å². The number of fused-ring (bicyclic) bond motifs is 1. The van der Waals surface area contributed by atoms with Crippen molar-refractivity contribution in [1.82, 2.24) is 4.98 Å². The summed E-state index contributed by atoms with van der Waals surface area (Å²) in [4.78, 5) is 16.7. The first-order valence-corrected chi connectivity index (χ1v) is 6.97. The highest BCUT2D eigenvalue weighted by Crippen LogP contribution is 2.23. The number of aromatic nitrogens is 1. The largest absolute Gasteiger partial charge is 0.358 e. The molecule has 0 atom stereocenters. The lowest BCUT2D eigenvalue weighted by atomic mass is 10.1. The molecular weight excluding hydrogens is 254 g/mol. The van der Waals surface area contributed by atoms with E-state index in [1.54, 1.807) is 17.4 Å². The number of allylic oxidation sites excluding steroid dienone is 1. The average molecular weight is 267 g/mol. The van der Waals surface area contributed by atoms with Gasteiger partial charge in [0.25, 0.3) is 0 Å². The van der Waals surface area contributed by atoms with Gasteiger partial charge in [-0.1, -0.05) is 24.3 Å². The third-order valence-electron chi connectivity index (χ3n) is 3.08. The zero-order chi connectivity index (χ0) is 13.2. The van der Waals surface area contributed by atoms with E-state index < -0.39 is 0 Å². The molecule has 0 aliphatic rings. The Bertz CT molecular complexity index is 750. The van der Waals surface area contributed by atoms with Gasteiger partial charge in [0.05, 0.1) is 5.56 Å². The van der Waals surface area contributed by atoms with Crippen molar-refractivity contribution in [3.05, 3.63) is 64.0 Å². The molecule has 3 heteroatoms. The molecule has 0 fully saturated rings. The minimum absolute atomic E-state index is 0.0448. The van der Waals surface area contributed by atoms with Gasteiger partial charge < -0.3 is 4.98 Å². The monoisotopic (exact) mass is 267 g/mol. The third kappa shape index (κ3) is 2.25. The van der Waals surface area contributed by atoms with E-state index in [4.69, 9.17) is 0 Å². The molecule has 1 N–H and O–H groups in total. The molecule has 1 aromatic carbocycles. The van der Waals surface area contributed by atoms with Gasteiger partial charge in [-0.25, -0.2) is 0 Å². The highest BCUT2D eigenvalue weighted by atomic mass is 32.1. The van der Waals surface area contributed by atoms with Crippen LogP contribution in [0.3, 0.4) is 0 Å². The number of rotatable bonds is 3. The van der Waals surface area contributed by atoms with Gasteiger partial charge in [-0.15, -0.1) is 11.3 Å². The maximum absolute atomic E-state index is 12.3. The summed E-state index contributed by atoms with van der Waals surface area (Å²) in [5.41, 5.74) is 2.69. The summed E-state index contributed by atoms with van der Waals surface area (Å²) in [6, 6.07) is 11.9. The van der Waals surface area contributed by atoms with Crippen molar-refractivity contribution in [3.8, 4) is 0 Å². The minimum atomic E-state index is 0.0448. The van der Waals surface area contributed by atoms with Crippen LogP contribution in [0.1, 0.15) is 20.9 Å². The second-order valence-electron chi connectivity index (χ2n) is 4.38. The van der Waals surface area contributed by atoms with Crippen molar-refractivity contribution in [1.29, 1.82) is 0 Å². The Morgan fingerprint density at radius 3 is 2.84 bits per heavy atom. The number of carbonyl (C=O) groups is 1. The smallest absolute Gasteiger partial charge is 0.188 e. The Morgan fingerprint density at radius 2 is 2.05 bits per heavy atom. The minimum Gasteiger partial charge on any atom is -0.358 e.